The first kappa shape index (κ1) is 12.6. The standard InChI is InChI=1S/C15H18FNO2/c16-12-5-3-11(4-6-12)15(7-8-15)14(19)17-9-1-2-13(17)10-18/h3-6,13,18H,1-2,7-10H2. The molecule has 1 aliphatic carbocycles. The van der Waals surface area contributed by atoms with Crippen molar-refractivity contribution in [1.29, 1.82) is 0 Å². The summed E-state index contributed by atoms with van der Waals surface area (Å²) in [5, 5.41) is 9.33. The maximum atomic E-state index is 13.0. The van der Waals surface area contributed by atoms with E-state index in [1.54, 1.807) is 12.1 Å². The molecule has 1 aliphatic heterocycles. The maximum Gasteiger partial charge on any atom is 0.233 e. The van der Waals surface area contributed by atoms with Gasteiger partial charge in [-0.15, -0.1) is 0 Å². The lowest BCUT2D eigenvalue weighted by molar-refractivity contribution is -0.135. The van der Waals surface area contributed by atoms with Gasteiger partial charge < -0.3 is 10.0 Å². The van der Waals surface area contributed by atoms with Crippen molar-refractivity contribution in [3.05, 3.63) is 35.6 Å². The molecule has 2 fully saturated rings. The fourth-order valence-corrected chi connectivity index (χ4v) is 3.09. The van der Waals surface area contributed by atoms with Crippen LogP contribution >= 0.6 is 0 Å². The number of likely N-dealkylation sites (tertiary alicyclic amines) is 1. The van der Waals surface area contributed by atoms with Gasteiger partial charge in [0.25, 0.3) is 0 Å². The molecular weight excluding hydrogens is 245 g/mol. The monoisotopic (exact) mass is 263 g/mol. The molecule has 0 bridgehead atoms. The normalized spacial score (nSPS) is 24.5. The van der Waals surface area contributed by atoms with Crippen LogP contribution in [0.4, 0.5) is 4.39 Å². The van der Waals surface area contributed by atoms with Crippen LogP contribution in [0.2, 0.25) is 0 Å². The maximum absolute atomic E-state index is 13.0. The van der Waals surface area contributed by atoms with Gasteiger partial charge in [-0.05, 0) is 43.4 Å². The number of benzene rings is 1. The van der Waals surface area contributed by atoms with Crippen molar-refractivity contribution >= 4 is 5.91 Å². The molecule has 1 N–H and O–H groups in total. The first-order chi connectivity index (χ1) is 9.17. The van der Waals surface area contributed by atoms with E-state index in [1.807, 2.05) is 4.90 Å². The summed E-state index contributed by atoms with van der Waals surface area (Å²) in [6.07, 6.45) is 3.48. The van der Waals surface area contributed by atoms with Gasteiger partial charge in [0.15, 0.2) is 0 Å². The predicted molar refractivity (Wildman–Crippen MR) is 69.1 cm³/mol. The quantitative estimate of drug-likeness (QED) is 0.904. The molecule has 1 aromatic carbocycles. The Morgan fingerprint density at radius 2 is 2.05 bits per heavy atom. The summed E-state index contributed by atoms with van der Waals surface area (Å²) in [5.74, 6) is -0.169. The number of carbonyl (C=O) groups is 1. The Kier molecular flexibility index (Phi) is 3.05. The van der Waals surface area contributed by atoms with Crippen LogP contribution in [0.25, 0.3) is 0 Å². The molecule has 1 heterocycles. The number of aliphatic hydroxyl groups excluding tert-OH is 1. The first-order valence-corrected chi connectivity index (χ1v) is 6.85. The molecule has 0 aromatic heterocycles. The Balaban J connectivity index is 1.84. The highest BCUT2D eigenvalue weighted by atomic mass is 19.1. The van der Waals surface area contributed by atoms with E-state index in [0.717, 1.165) is 37.8 Å². The molecule has 1 saturated carbocycles. The molecule has 0 radical (unpaired) electrons. The lowest BCUT2D eigenvalue weighted by Crippen LogP contribution is -2.43. The highest BCUT2D eigenvalue weighted by Gasteiger charge is 2.54. The van der Waals surface area contributed by atoms with Gasteiger partial charge in [-0.25, -0.2) is 4.39 Å². The second-order valence-electron chi connectivity index (χ2n) is 5.57. The van der Waals surface area contributed by atoms with E-state index in [1.165, 1.54) is 12.1 Å². The van der Waals surface area contributed by atoms with E-state index in [9.17, 15) is 14.3 Å². The van der Waals surface area contributed by atoms with Gasteiger partial charge in [0, 0.05) is 6.54 Å². The lowest BCUT2D eigenvalue weighted by atomic mass is 9.94. The molecule has 3 rings (SSSR count). The molecule has 102 valence electrons. The first-order valence-electron chi connectivity index (χ1n) is 6.85. The Hall–Kier alpha value is -1.42. The summed E-state index contributed by atoms with van der Waals surface area (Å²) < 4.78 is 13.0. The van der Waals surface area contributed by atoms with Crippen molar-refractivity contribution in [3.8, 4) is 0 Å². The summed E-state index contributed by atoms with van der Waals surface area (Å²) in [7, 11) is 0. The van der Waals surface area contributed by atoms with Crippen molar-refractivity contribution in [3.63, 3.8) is 0 Å². The van der Waals surface area contributed by atoms with Crippen molar-refractivity contribution in [2.45, 2.75) is 37.1 Å². The molecule has 19 heavy (non-hydrogen) atoms. The second kappa shape index (κ2) is 4.60. The third kappa shape index (κ3) is 2.04. The molecular formula is C15H18FNO2. The molecule has 1 aromatic rings. The number of aliphatic hydroxyl groups is 1. The number of halogens is 1. The zero-order valence-corrected chi connectivity index (χ0v) is 10.8. The SMILES string of the molecule is O=C(N1CCCC1CO)C1(c2ccc(F)cc2)CC1. The van der Waals surface area contributed by atoms with Gasteiger partial charge >= 0.3 is 0 Å². The van der Waals surface area contributed by atoms with Gasteiger partial charge in [-0.2, -0.15) is 0 Å². The van der Waals surface area contributed by atoms with Crippen LogP contribution in [0.15, 0.2) is 24.3 Å². The number of hydrogen-bond acceptors (Lipinski definition) is 2. The highest BCUT2D eigenvalue weighted by Crippen LogP contribution is 2.50. The van der Waals surface area contributed by atoms with Gasteiger partial charge in [0.1, 0.15) is 5.82 Å². The lowest BCUT2D eigenvalue weighted by Gasteiger charge is -2.28. The van der Waals surface area contributed by atoms with E-state index in [2.05, 4.69) is 0 Å². The molecule has 1 atom stereocenters. The Morgan fingerprint density at radius 1 is 1.37 bits per heavy atom. The van der Waals surface area contributed by atoms with Crippen molar-refractivity contribution < 1.29 is 14.3 Å². The zero-order chi connectivity index (χ0) is 13.5. The molecule has 0 spiro atoms. The van der Waals surface area contributed by atoms with Crippen LogP contribution in [-0.4, -0.2) is 35.1 Å². The Bertz CT molecular complexity index is 481. The van der Waals surface area contributed by atoms with E-state index in [0.29, 0.717) is 0 Å². The van der Waals surface area contributed by atoms with Crippen LogP contribution in [0, 0.1) is 5.82 Å². The van der Waals surface area contributed by atoms with Gasteiger partial charge in [0.05, 0.1) is 18.1 Å². The number of rotatable bonds is 3. The van der Waals surface area contributed by atoms with Crippen LogP contribution in [0.3, 0.4) is 0 Å². The Labute approximate surface area is 112 Å². The molecule has 4 heteroatoms. The Morgan fingerprint density at radius 3 is 2.63 bits per heavy atom. The van der Waals surface area contributed by atoms with E-state index >= 15 is 0 Å². The highest BCUT2D eigenvalue weighted by molar-refractivity contribution is 5.91. The third-order valence-electron chi connectivity index (χ3n) is 4.40. The van der Waals surface area contributed by atoms with E-state index in [4.69, 9.17) is 0 Å². The van der Waals surface area contributed by atoms with Gasteiger partial charge in [-0.1, -0.05) is 12.1 Å². The molecule has 2 aliphatic rings. The summed E-state index contributed by atoms with van der Waals surface area (Å²) in [6.45, 7) is 0.762. The fourth-order valence-electron chi connectivity index (χ4n) is 3.09. The fraction of sp³-hybridized carbons (Fsp3) is 0.533. The van der Waals surface area contributed by atoms with Crippen LogP contribution in [-0.2, 0) is 10.2 Å². The summed E-state index contributed by atoms with van der Waals surface area (Å²) in [4.78, 5) is 14.5. The van der Waals surface area contributed by atoms with Crippen LogP contribution in [0.1, 0.15) is 31.2 Å². The molecule has 3 nitrogen and oxygen atoms in total. The summed E-state index contributed by atoms with van der Waals surface area (Å²) in [6, 6.07) is 6.21. The number of carbonyl (C=O) groups excluding carboxylic acids is 1. The summed E-state index contributed by atoms with van der Waals surface area (Å²) in [5.41, 5.74) is 0.452. The van der Waals surface area contributed by atoms with Crippen LogP contribution < -0.4 is 0 Å². The predicted octanol–water partition coefficient (Wildman–Crippen LogP) is 1.84. The van der Waals surface area contributed by atoms with Gasteiger partial charge in [-0.3, -0.25) is 4.79 Å². The van der Waals surface area contributed by atoms with Gasteiger partial charge in [0.2, 0.25) is 5.91 Å². The third-order valence-corrected chi connectivity index (χ3v) is 4.40. The van der Waals surface area contributed by atoms with Crippen molar-refractivity contribution in [2.24, 2.45) is 0 Å². The smallest absolute Gasteiger partial charge is 0.233 e. The largest absolute Gasteiger partial charge is 0.394 e. The minimum absolute atomic E-state index is 0.0330. The number of hydrogen-bond donors (Lipinski definition) is 1. The molecule has 1 amide bonds. The molecule has 1 unspecified atom stereocenters. The molecule has 1 saturated heterocycles. The van der Waals surface area contributed by atoms with Crippen molar-refractivity contribution in [2.75, 3.05) is 13.2 Å². The van der Waals surface area contributed by atoms with E-state index < -0.39 is 5.41 Å². The zero-order valence-electron chi connectivity index (χ0n) is 10.8. The number of amides is 1. The summed E-state index contributed by atoms with van der Waals surface area (Å²) >= 11 is 0. The van der Waals surface area contributed by atoms with E-state index in [-0.39, 0.29) is 24.4 Å². The average Bonchev–Trinajstić information content (AvgIpc) is 3.09. The van der Waals surface area contributed by atoms with Crippen molar-refractivity contribution in [1.82, 2.24) is 4.90 Å². The average molecular weight is 263 g/mol. The second-order valence-corrected chi connectivity index (χ2v) is 5.57. The minimum Gasteiger partial charge on any atom is -0.394 e. The van der Waals surface area contributed by atoms with Crippen LogP contribution in [0.5, 0.6) is 0 Å². The minimum atomic E-state index is -0.453. The topological polar surface area (TPSA) is 40.5 Å². The number of nitrogens with zero attached hydrogens (tertiary/aromatic N) is 1.